The summed E-state index contributed by atoms with van der Waals surface area (Å²) in [5, 5.41) is 2.09. The SMILES string of the molecule is C[C@H]1OC[C@]2(c3cc(N)ccc3F)N=C(NC(=O)OC(C)(C)C)O[C@H](C(F)(F)F)[C@H]12. The van der Waals surface area contributed by atoms with E-state index in [0.29, 0.717) is 0 Å². The molecule has 2 heterocycles. The van der Waals surface area contributed by atoms with Crippen LogP contribution in [-0.4, -0.2) is 42.7 Å². The lowest BCUT2D eigenvalue weighted by molar-refractivity contribution is -0.227. The number of rotatable bonds is 1. The molecule has 0 spiro atoms. The number of ether oxygens (including phenoxy) is 3. The van der Waals surface area contributed by atoms with Crippen molar-refractivity contribution in [2.75, 3.05) is 12.3 Å². The van der Waals surface area contributed by atoms with Crippen molar-refractivity contribution >= 4 is 17.8 Å². The summed E-state index contributed by atoms with van der Waals surface area (Å²) in [5.74, 6) is -2.20. The van der Waals surface area contributed by atoms with Gasteiger partial charge in [0.1, 0.15) is 17.0 Å². The minimum absolute atomic E-state index is 0.144. The Morgan fingerprint density at radius 2 is 2.00 bits per heavy atom. The van der Waals surface area contributed by atoms with E-state index in [2.05, 4.69) is 10.3 Å². The highest BCUT2D eigenvalue weighted by molar-refractivity contribution is 5.91. The Morgan fingerprint density at radius 3 is 2.60 bits per heavy atom. The zero-order valence-corrected chi connectivity index (χ0v) is 16.8. The van der Waals surface area contributed by atoms with Crippen LogP contribution < -0.4 is 11.1 Å². The van der Waals surface area contributed by atoms with Crippen molar-refractivity contribution in [3.05, 3.63) is 29.6 Å². The Balaban J connectivity index is 2.12. The average Bonchev–Trinajstić information content (AvgIpc) is 2.91. The van der Waals surface area contributed by atoms with Gasteiger partial charge in [-0.1, -0.05) is 0 Å². The average molecular weight is 433 g/mol. The van der Waals surface area contributed by atoms with Gasteiger partial charge in [0.25, 0.3) is 6.02 Å². The fourth-order valence-corrected chi connectivity index (χ4v) is 3.76. The first kappa shape index (κ1) is 22.1. The van der Waals surface area contributed by atoms with E-state index < -0.39 is 53.4 Å². The molecular formula is C19H23F4N3O4. The third kappa shape index (κ3) is 4.16. The van der Waals surface area contributed by atoms with Crippen molar-refractivity contribution in [3.8, 4) is 0 Å². The van der Waals surface area contributed by atoms with E-state index in [1.54, 1.807) is 20.8 Å². The van der Waals surface area contributed by atoms with Crippen LogP contribution in [0, 0.1) is 11.7 Å². The topological polar surface area (TPSA) is 95.2 Å². The number of fused-ring (bicyclic) bond motifs is 1. The second-order valence-corrected chi connectivity index (χ2v) is 8.33. The van der Waals surface area contributed by atoms with Crippen molar-refractivity contribution in [3.63, 3.8) is 0 Å². The zero-order valence-electron chi connectivity index (χ0n) is 16.8. The van der Waals surface area contributed by atoms with Crippen LogP contribution >= 0.6 is 0 Å². The summed E-state index contributed by atoms with van der Waals surface area (Å²) in [6.45, 7) is 5.83. The third-order valence-corrected chi connectivity index (χ3v) is 4.88. The molecule has 4 atom stereocenters. The molecule has 1 aromatic carbocycles. The predicted octanol–water partition coefficient (Wildman–Crippen LogP) is 3.48. The van der Waals surface area contributed by atoms with Crippen LogP contribution in [0.3, 0.4) is 0 Å². The molecule has 0 radical (unpaired) electrons. The molecule has 2 aliphatic rings. The summed E-state index contributed by atoms with van der Waals surface area (Å²) in [6.07, 6.45) is -9.26. The molecule has 30 heavy (non-hydrogen) atoms. The number of alkyl carbamates (subject to hydrolysis) is 1. The van der Waals surface area contributed by atoms with Gasteiger partial charge in [0, 0.05) is 11.3 Å². The fourth-order valence-electron chi connectivity index (χ4n) is 3.76. The molecule has 1 amide bonds. The molecule has 3 N–H and O–H groups in total. The second kappa shape index (κ2) is 7.29. The number of amidine groups is 1. The Kier molecular flexibility index (Phi) is 5.38. The number of hydrogen-bond acceptors (Lipinski definition) is 6. The first-order valence-corrected chi connectivity index (χ1v) is 9.23. The highest BCUT2D eigenvalue weighted by Crippen LogP contribution is 2.51. The molecule has 0 aliphatic carbocycles. The number of nitrogens with two attached hydrogens (primary N) is 1. The number of nitrogen functional groups attached to an aromatic ring is 1. The van der Waals surface area contributed by atoms with Crippen LogP contribution in [0.25, 0.3) is 0 Å². The lowest BCUT2D eigenvalue weighted by Crippen LogP contribution is -2.57. The molecule has 1 fully saturated rings. The first-order valence-electron chi connectivity index (χ1n) is 9.23. The van der Waals surface area contributed by atoms with Gasteiger partial charge in [0.2, 0.25) is 6.10 Å². The van der Waals surface area contributed by atoms with Gasteiger partial charge in [0.15, 0.2) is 0 Å². The summed E-state index contributed by atoms with van der Waals surface area (Å²) in [4.78, 5) is 16.3. The largest absolute Gasteiger partial charge is 0.451 e. The first-order chi connectivity index (χ1) is 13.7. The Morgan fingerprint density at radius 1 is 1.33 bits per heavy atom. The monoisotopic (exact) mass is 433 g/mol. The summed E-state index contributed by atoms with van der Waals surface area (Å²) >= 11 is 0. The molecule has 7 nitrogen and oxygen atoms in total. The minimum atomic E-state index is -4.84. The van der Waals surface area contributed by atoms with E-state index in [9.17, 15) is 22.4 Å². The van der Waals surface area contributed by atoms with Gasteiger partial charge in [-0.3, -0.25) is 0 Å². The normalized spacial score (nSPS) is 28.9. The van der Waals surface area contributed by atoms with Gasteiger partial charge in [-0.05, 0) is 45.9 Å². The molecule has 0 saturated carbocycles. The number of halogens is 4. The molecule has 166 valence electrons. The predicted molar refractivity (Wildman–Crippen MR) is 99.1 cm³/mol. The number of hydrogen-bond donors (Lipinski definition) is 2. The molecular weight excluding hydrogens is 410 g/mol. The van der Waals surface area contributed by atoms with Crippen LogP contribution in [0.2, 0.25) is 0 Å². The van der Waals surface area contributed by atoms with Gasteiger partial charge in [-0.25, -0.2) is 19.5 Å². The van der Waals surface area contributed by atoms with Gasteiger partial charge in [-0.2, -0.15) is 13.2 Å². The number of aliphatic imine (C=N–C) groups is 1. The molecule has 1 aromatic rings. The van der Waals surface area contributed by atoms with Crippen molar-refractivity contribution < 1.29 is 36.6 Å². The number of benzene rings is 1. The van der Waals surface area contributed by atoms with Crippen molar-refractivity contribution in [2.45, 2.75) is 57.2 Å². The third-order valence-electron chi connectivity index (χ3n) is 4.88. The van der Waals surface area contributed by atoms with Crippen LogP contribution in [0.5, 0.6) is 0 Å². The summed E-state index contributed by atoms with van der Waals surface area (Å²) in [5.41, 5.74) is 3.02. The Bertz CT molecular complexity index is 868. The number of carbonyl (C=O) groups excluding carboxylic acids is 1. The minimum Gasteiger partial charge on any atom is -0.451 e. The molecule has 3 rings (SSSR count). The Labute approximate surface area is 170 Å². The van der Waals surface area contributed by atoms with E-state index >= 15 is 0 Å². The summed E-state index contributed by atoms with van der Waals surface area (Å²) in [7, 11) is 0. The molecule has 0 bridgehead atoms. The van der Waals surface area contributed by atoms with Crippen molar-refractivity contribution in [2.24, 2.45) is 10.9 Å². The van der Waals surface area contributed by atoms with Crippen LogP contribution in [-0.2, 0) is 19.7 Å². The van der Waals surface area contributed by atoms with Gasteiger partial charge >= 0.3 is 12.3 Å². The van der Waals surface area contributed by atoms with Gasteiger partial charge in [-0.15, -0.1) is 0 Å². The highest BCUT2D eigenvalue weighted by atomic mass is 19.4. The standard InChI is InChI=1S/C19H23F4N3O4/c1-9-13-14(19(21,22)23)29-15(25-16(27)30-17(2,3)4)26-18(13,8-28-9)11-7-10(24)5-6-12(11)20/h5-7,9,13-14H,8,24H2,1-4H3,(H,25,26,27)/t9-,13+,14+,18-/m1/s1. The van der Waals surface area contributed by atoms with Crippen molar-refractivity contribution in [1.82, 2.24) is 5.32 Å². The van der Waals surface area contributed by atoms with E-state index in [4.69, 9.17) is 19.9 Å². The van der Waals surface area contributed by atoms with Crippen molar-refractivity contribution in [1.29, 1.82) is 0 Å². The number of nitrogens with zero attached hydrogens (tertiary/aromatic N) is 1. The quantitative estimate of drug-likeness (QED) is 0.522. The Hall–Kier alpha value is -2.56. The number of amides is 1. The number of carbonyl (C=O) groups is 1. The second-order valence-electron chi connectivity index (χ2n) is 8.33. The molecule has 1 saturated heterocycles. The molecule has 11 heteroatoms. The maximum absolute atomic E-state index is 14.7. The van der Waals surface area contributed by atoms with Gasteiger partial charge in [0.05, 0.1) is 18.6 Å². The highest BCUT2D eigenvalue weighted by Gasteiger charge is 2.64. The van der Waals surface area contributed by atoms with Crippen LogP contribution in [0.15, 0.2) is 23.2 Å². The van der Waals surface area contributed by atoms with E-state index in [0.717, 1.165) is 6.07 Å². The van der Waals surface area contributed by atoms with Crippen LogP contribution in [0.1, 0.15) is 33.3 Å². The van der Waals surface area contributed by atoms with Gasteiger partial charge < -0.3 is 19.9 Å². The van der Waals surface area contributed by atoms with Crippen LogP contribution in [0.4, 0.5) is 28.0 Å². The van der Waals surface area contributed by atoms with E-state index in [1.807, 2.05) is 0 Å². The maximum atomic E-state index is 14.7. The summed E-state index contributed by atoms with van der Waals surface area (Å²) in [6, 6.07) is 2.82. The van der Waals surface area contributed by atoms with E-state index in [1.165, 1.54) is 19.1 Å². The number of anilines is 1. The summed E-state index contributed by atoms with van der Waals surface area (Å²) < 4.78 is 72.0. The lowest BCUT2D eigenvalue weighted by atomic mass is 9.74. The van der Waals surface area contributed by atoms with E-state index in [-0.39, 0.29) is 17.9 Å². The zero-order chi connectivity index (χ0) is 22.5. The smallest absolute Gasteiger partial charge is 0.426 e. The lowest BCUT2D eigenvalue weighted by Gasteiger charge is -2.41. The fraction of sp³-hybridized carbons (Fsp3) is 0.579. The molecule has 0 unspecified atom stereocenters. The number of nitrogens with one attached hydrogen (secondary N) is 1. The molecule has 0 aromatic heterocycles. The maximum Gasteiger partial charge on any atom is 0.426 e. The molecule has 2 aliphatic heterocycles. The number of alkyl halides is 3.